The minimum atomic E-state index is -0.229. The molecule has 4 rings (SSSR count). The van der Waals surface area contributed by atoms with Crippen LogP contribution in [0.3, 0.4) is 0 Å². The highest BCUT2D eigenvalue weighted by atomic mass is 16.6. The van der Waals surface area contributed by atoms with Gasteiger partial charge < -0.3 is 19.9 Å². The van der Waals surface area contributed by atoms with E-state index in [9.17, 15) is 4.79 Å². The highest BCUT2D eigenvalue weighted by Crippen LogP contribution is 2.41. The van der Waals surface area contributed by atoms with E-state index in [4.69, 9.17) is 9.72 Å². The second-order valence-electron chi connectivity index (χ2n) is 7.93. The fraction of sp³-hybridized carbons (Fsp3) is 0.600. The number of rotatable bonds is 5. The molecule has 3 heterocycles. The number of esters is 1. The topological polar surface area (TPSA) is 70.2 Å². The van der Waals surface area contributed by atoms with Crippen LogP contribution in [0.2, 0.25) is 0 Å². The number of carbonyl (C=O) groups is 1. The molecule has 0 aliphatic carbocycles. The van der Waals surface area contributed by atoms with Crippen LogP contribution in [0, 0.1) is 12.3 Å². The van der Waals surface area contributed by atoms with E-state index in [-0.39, 0.29) is 17.5 Å². The number of para-hydroxylation sites is 1. The molecule has 2 fully saturated rings. The maximum Gasteiger partial charge on any atom is 0.312 e. The molecule has 1 aromatic carbocycles. The number of carbonyl (C=O) groups excluding carboxylic acids is 1. The average molecular weight is 356 g/mol. The van der Waals surface area contributed by atoms with E-state index in [0.717, 1.165) is 68.7 Å². The Hall–Kier alpha value is -1.92. The summed E-state index contributed by atoms with van der Waals surface area (Å²) in [4.78, 5) is 22.7. The van der Waals surface area contributed by atoms with E-state index in [0.29, 0.717) is 0 Å². The van der Waals surface area contributed by atoms with Crippen LogP contribution in [-0.4, -0.2) is 60.2 Å². The number of nitrogens with one attached hydrogen (secondary N) is 2. The van der Waals surface area contributed by atoms with Gasteiger partial charge in [-0.2, -0.15) is 0 Å². The second kappa shape index (κ2) is 7.00. The summed E-state index contributed by atoms with van der Waals surface area (Å²) < 4.78 is 5.71. The van der Waals surface area contributed by atoms with Crippen molar-refractivity contribution in [2.24, 2.45) is 5.41 Å². The first-order valence-electron chi connectivity index (χ1n) is 9.60. The molecular formula is C20H28N4O2. The van der Waals surface area contributed by atoms with Crippen molar-refractivity contribution in [3.8, 4) is 0 Å². The summed E-state index contributed by atoms with van der Waals surface area (Å²) in [5, 5.41) is 3.34. The summed E-state index contributed by atoms with van der Waals surface area (Å²) in [6, 6.07) is 6.21. The Morgan fingerprint density at radius 2 is 2.15 bits per heavy atom. The fourth-order valence-electron chi connectivity index (χ4n) is 4.33. The molecule has 6 heteroatoms. The number of imidazole rings is 1. The Kier molecular flexibility index (Phi) is 4.71. The lowest BCUT2D eigenvalue weighted by atomic mass is 9.76. The first kappa shape index (κ1) is 17.5. The summed E-state index contributed by atoms with van der Waals surface area (Å²) in [6.45, 7) is 5.61. The molecule has 1 atom stereocenters. The predicted molar refractivity (Wildman–Crippen MR) is 101 cm³/mol. The predicted octanol–water partition coefficient (Wildman–Crippen LogP) is 2.03. The van der Waals surface area contributed by atoms with Crippen molar-refractivity contribution < 1.29 is 9.53 Å². The number of benzene rings is 1. The fourth-order valence-corrected chi connectivity index (χ4v) is 4.33. The van der Waals surface area contributed by atoms with E-state index in [1.54, 1.807) is 0 Å². The van der Waals surface area contributed by atoms with Crippen molar-refractivity contribution in [1.82, 2.24) is 20.2 Å². The molecule has 1 unspecified atom stereocenters. The van der Waals surface area contributed by atoms with Gasteiger partial charge in [0.25, 0.3) is 0 Å². The van der Waals surface area contributed by atoms with Crippen LogP contribution in [0.4, 0.5) is 0 Å². The molecule has 0 amide bonds. The van der Waals surface area contributed by atoms with Gasteiger partial charge in [0.1, 0.15) is 11.9 Å². The summed E-state index contributed by atoms with van der Waals surface area (Å²) in [6.07, 6.45) is 3.56. The summed E-state index contributed by atoms with van der Waals surface area (Å²) in [7, 11) is 2.09. The molecule has 0 radical (unpaired) electrons. The van der Waals surface area contributed by atoms with Crippen LogP contribution in [0.1, 0.15) is 30.7 Å². The third-order valence-electron chi connectivity index (χ3n) is 5.89. The monoisotopic (exact) mass is 356 g/mol. The Balaban J connectivity index is 1.32. The zero-order valence-corrected chi connectivity index (χ0v) is 15.7. The Bertz CT molecular complexity index is 794. The van der Waals surface area contributed by atoms with Crippen LogP contribution in [-0.2, 0) is 16.0 Å². The largest absolute Gasteiger partial charge is 0.461 e. The van der Waals surface area contributed by atoms with Crippen molar-refractivity contribution in [1.29, 1.82) is 0 Å². The van der Waals surface area contributed by atoms with Crippen LogP contribution in [0.5, 0.6) is 0 Å². The summed E-state index contributed by atoms with van der Waals surface area (Å²) in [5.41, 5.74) is 3.12. The van der Waals surface area contributed by atoms with Crippen LogP contribution in [0.15, 0.2) is 18.2 Å². The number of H-pyrrole nitrogens is 1. The van der Waals surface area contributed by atoms with Crippen molar-refractivity contribution >= 4 is 17.0 Å². The highest BCUT2D eigenvalue weighted by molar-refractivity contribution is 5.79. The smallest absolute Gasteiger partial charge is 0.312 e. The molecule has 2 aliphatic heterocycles. The highest BCUT2D eigenvalue weighted by Gasteiger charge is 2.49. The van der Waals surface area contributed by atoms with Gasteiger partial charge in [0, 0.05) is 25.9 Å². The number of aromatic amines is 1. The number of fused-ring (bicyclic) bond motifs is 1. The molecule has 0 saturated carbocycles. The van der Waals surface area contributed by atoms with Gasteiger partial charge in [0.05, 0.1) is 16.4 Å². The van der Waals surface area contributed by atoms with Gasteiger partial charge in [-0.1, -0.05) is 12.1 Å². The molecule has 6 nitrogen and oxygen atoms in total. The number of nitrogens with zero attached hydrogens (tertiary/aromatic N) is 2. The Morgan fingerprint density at radius 3 is 2.92 bits per heavy atom. The summed E-state index contributed by atoms with van der Waals surface area (Å²) >= 11 is 0. The molecule has 2 aliphatic rings. The molecule has 2 aromatic rings. The SMILES string of the molecule is Cc1cccc2[nH]c(CCN(C)CC3CC4(CCNCC4)C(=O)O3)nc12. The van der Waals surface area contributed by atoms with Crippen LogP contribution >= 0.6 is 0 Å². The number of cyclic esters (lactones) is 1. The molecule has 1 aromatic heterocycles. The average Bonchev–Trinajstić information content (AvgIpc) is 3.16. The van der Waals surface area contributed by atoms with Gasteiger partial charge in [-0.05, 0) is 51.5 Å². The van der Waals surface area contributed by atoms with Crippen LogP contribution < -0.4 is 5.32 Å². The van der Waals surface area contributed by atoms with Gasteiger partial charge in [-0.25, -0.2) is 4.98 Å². The van der Waals surface area contributed by atoms with E-state index >= 15 is 0 Å². The third-order valence-corrected chi connectivity index (χ3v) is 5.89. The van der Waals surface area contributed by atoms with Gasteiger partial charge in [0.2, 0.25) is 0 Å². The molecule has 2 N–H and O–H groups in total. The normalized spacial score (nSPS) is 22.4. The molecule has 0 bridgehead atoms. The lowest BCUT2D eigenvalue weighted by molar-refractivity contribution is -0.150. The van der Waals surface area contributed by atoms with E-state index in [1.165, 1.54) is 5.56 Å². The van der Waals surface area contributed by atoms with Crippen LogP contribution in [0.25, 0.3) is 11.0 Å². The zero-order valence-electron chi connectivity index (χ0n) is 15.7. The molecule has 2 saturated heterocycles. The number of hydrogen-bond acceptors (Lipinski definition) is 5. The van der Waals surface area contributed by atoms with E-state index in [2.05, 4.69) is 47.4 Å². The Morgan fingerprint density at radius 1 is 1.35 bits per heavy atom. The quantitative estimate of drug-likeness (QED) is 0.802. The van der Waals surface area contributed by atoms with Crippen molar-refractivity contribution in [3.05, 3.63) is 29.6 Å². The maximum absolute atomic E-state index is 12.4. The number of ether oxygens (including phenoxy) is 1. The Labute approximate surface area is 154 Å². The second-order valence-corrected chi connectivity index (χ2v) is 7.93. The number of aromatic nitrogens is 2. The minimum Gasteiger partial charge on any atom is -0.461 e. The number of piperidine rings is 1. The van der Waals surface area contributed by atoms with Gasteiger partial charge >= 0.3 is 5.97 Å². The van der Waals surface area contributed by atoms with Gasteiger partial charge in [-0.3, -0.25) is 4.79 Å². The first-order chi connectivity index (χ1) is 12.6. The zero-order chi connectivity index (χ0) is 18.1. The summed E-state index contributed by atoms with van der Waals surface area (Å²) in [5.74, 6) is 1.03. The number of likely N-dealkylation sites (N-methyl/N-ethyl adjacent to an activating group) is 1. The first-order valence-corrected chi connectivity index (χ1v) is 9.60. The minimum absolute atomic E-state index is 0.0171. The lowest BCUT2D eigenvalue weighted by Gasteiger charge is -2.29. The van der Waals surface area contributed by atoms with E-state index in [1.807, 2.05) is 0 Å². The van der Waals surface area contributed by atoms with Gasteiger partial charge in [0.15, 0.2) is 0 Å². The maximum atomic E-state index is 12.4. The molecule has 1 spiro atoms. The molecule has 26 heavy (non-hydrogen) atoms. The standard InChI is InChI=1S/C20H28N4O2/c1-14-4-3-5-16-18(14)23-17(22-16)6-11-24(2)13-15-12-20(19(25)26-15)7-9-21-10-8-20/h3-5,15,21H,6-13H2,1-2H3,(H,22,23). The lowest BCUT2D eigenvalue weighted by Crippen LogP contribution is -2.39. The van der Waals surface area contributed by atoms with Gasteiger partial charge in [-0.15, -0.1) is 0 Å². The number of hydrogen-bond donors (Lipinski definition) is 2. The molecule has 140 valence electrons. The van der Waals surface area contributed by atoms with E-state index < -0.39 is 0 Å². The molecular weight excluding hydrogens is 328 g/mol. The third kappa shape index (κ3) is 3.35. The van der Waals surface area contributed by atoms with Crippen molar-refractivity contribution in [2.75, 3.05) is 33.2 Å². The number of aryl methyl sites for hydroxylation is 1. The van der Waals surface area contributed by atoms with Crippen molar-refractivity contribution in [3.63, 3.8) is 0 Å². The van der Waals surface area contributed by atoms with Crippen molar-refractivity contribution in [2.45, 2.75) is 38.7 Å².